The number of fused-ring (bicyclic) bond motifs is 2. The van der Waals surface area contributed by atoms with E-state index in [1.807, 2.05) is 31.3 Å². The number of pyridine rings is 1. The average Bonchev–Trinajstić information content (AvgIpc) is 3.03. The third kappa shape index (κ3) is 3.30. The molecule has 0 atom stereocenters. The predicted molar refractivity (Wildman–Crippen MR) is 111 cm³/mol. The van der Waals surface area contributed by atoms with Crippen molar-refractivity contribution in [3.05, 3.63) is 84.1 Å². The molecule has 0 aliphatic heterocycles. The van der Waals surface area contributed by atoms with Gasteiger partial charge in [-0.15, -0.1) is 0 Å². The molecule has 0 saturated carbocycles. The zero-order chi connectivity index (χ0) is 20.7. The molecule has 6 nitrogen and oxygen atoms in total. The van der Waals surface area contributed by atoms with E-state index < -0.39 is 0 Å². The van der Waals surface area contributed by atoms with Crippen LogP contribution in [0.25, 0.3) is 21.8 Å². The Kier molecular flexibility index (Phi) is 4.28. The van der Waals surface area contributed by atoms with Gasteiger partial charge in [0.1, 0.15) is 11.6 Å². The number of rotatable bonds is 4. The maximum atomic E-state index is 13.5. The van der Waals surface area contributed by atoms with Crippen molar-refractivity contribution < 1.29 is 14.2 Å². The number of ether oxygens (including phenoxy) is 1. The molecule has 5 aromatic rings. The van der Waals surface area contributed by atoms with Crippen LogP contribution in [0, 0.1) is 5.82 Å². The van der Waals surface area contributed by atoms with Gasteiger partial charge in [-0.1, -0.05) is 12.1 Å². The molecule has 0 amide bonds. The molecule has 0 fully saturated rings. The molecule has 30 heavy (non-hydrogen) atoms. The van der Waals surface area contributed by atoms with Crippen molar-refractivity contribution in [2.45, 2.75) is 6.42 Å². The van der Waals surface area contributed by atoms with Gasteiger partial charge in [0, 0.05) is 36.3 Å². The Hall–Kier alpha value is -4.00. The standard InChI is InChI=1S/C23H17FN4O2/c1-28-17(10-14-3-2-4-16(24)9-14)11-15-12-18(5-6-21(15)28)30-23-26-20-13-25-8-7-19(20)22(29)27-23/h2-9,11-13H,10H2,1H3,(H,26,27,29). The molecular formula is C23H17FN4O2. The summed E-state index contributed by atoms with van der Waals surface area (Å²) in [6, 6.07) is 16.0. The van der Waals surface area contributed by atoms with Crippen LogP contribution in [0.1, 0.15) is 11.3 Å². The van der Waals surface area contributed by atoms with Crippen LogP contribution in [0.5, 0.6) is 17.6 Å². The molecule has 0 aliphatic carbocycles. The van der Waals surface area contributed by atoms with Gasteiger partial charge in [-0.2, -0.15) is 9.97 Å². The van der Waals surface area contributed by atoms with Gasteiger partial charge in [0.15, 0.2) is 0 Å². The van der Waals surface area contributed by atoms with Gasteiger partial charge in [-0.25, -0.2) is 4.39 Å². The summed E-state index contributed by atoms with van der Waals surface area (Å²) in [6.45, 7) is 0. The molecule has 7 heteroatoms. The molecule has 0 bridgehead atoms. The second kappa shape index (κ2) is 7.11. The molecule has 148 valence electrons. The van der Waals surface area contributed by atoms with Crippen LogP contribution < -0.4 is 4.74 Å². The van der Waals surface area contributed by atoms with Crippen LogP contribution in [0.4, 0.5) is 4.39 Å². The van der Waals surface area contributed by atoms with Gasteiger partial charge in [0.25, 0.3) is 0 Å². The van der Waals surface area contributed by atoms with Crippen LogP contribution in [-0.4, -0.2) is 24.6 Å². The Morgan fingerprint density at radius 2 is 1.97 bits per heavy atom. The Bertz CT molecular complexity index is 1400. The van der Waals surface area contributed by atoms with Gasteiger partial charge < -0.3 is 14.4 Å². The minimum absolute atomic E-state index is 0.0447. The summed E-state index contributed by atoms with van der Waals surface area (Å²) in [5.74, 6) is 0.152. The van der Waals surface area contributed by atoms with Crippen molar-refractivity contribution in [1.29, 1.82) is 0 Å². The fourth-order valence-electron chi connectivity index (χ4n) is 3.57. The van der Waals surface area contributed by atoms with E-state index in [0.717, 1.165) is 22.2 Å². The molecule has 2 aromatic carbocycles. The van der Waals surface area contributed by atoms with Gasteiger partial charge in [0.2, 0.25) is 5.88 Å². The van der Waals surface area contributed by atoms with Gasteiger partial charge in [-0.3, -0.25) is 4.98 Å². The van der Waals surface area contributed by atoms with Crippen molar-refractivity contribution in [1.82, 2.24) is 19.5 Å². The first-order chi connectivity index (χ1) is 14.6. The minimum atomic E-state index is -0.240. The largest absolute Gasteiger partial charge is 0.493 e. The molecule has 0 unspecified atom stereocenters. The number of nitrogens with zero attached hydrogens (tertiary/aromatic N) is 4. The fourth-order valence-corrected chi connectivity index (χ4v) is 3.57. The lowest BCUT2D eigenvalue weighted by atomic mass is 10.1. The van der Waals surface area contributed by atoms with Crippen molar-refractivity contribution in [2.75, 3.05) is 0 Å². The number of aromatic nitrogens is 4. The molecule has 3 aromatic heterocycles. The molecule has 0 spiro atoms. The molecule has 3 heterocycles. The van der Waals surface area contributed by atoms with E-state index in [-0.39, 0.29) is 17.7 Å². The van der Waals surface area contributed by atoms with Crippen LogP contribution in [-0.2, 0) is 13.5 Å². The van der Waals surface area contributed by atoms with E-state index in [0.29, 0.717) is 23.1 Å². The maximum Gasteiger partial charge on any atom is 0.325 e. The lowest BCUT2D eigenvalue weighted by Crippen LogP contribution is -1.97. The lowest BCUT2D eigenvalue weighted by molar-refractivity contribution is 0.412. The minimum Gasteiger partial charge on any atom is -0.493 e. The average molecular weight is 400 g/mol. The van der Waals surface area contributed by atoms with E-state index in [9.17, 15) is 9.50 Å². The first kappa shape index (κ1) is 18.1. The summed E-state index contributed by atoms with van der Waals surface area (Å²) < 4.78 is 21.4. The van der Waals surface area contributed by atoms with Gasteiger partial charge in [0.05, 0.1) is 17.1 Å². The molecule has 5 rings (SSSR count). The van der Waals surface area contributed by atoms with Gasteiger partial charge >= 0.3 is 6.01 Å². The maximum absolute atomic E-state index is 13.5. The quantitative estimate of drug-likeness (QED) is 0.472. The van der Waals surface area contributed by atoms with Crippen molar-refractivity contribution in [3.63, 3.8) is 0 Å². The number of aryl methyl sites for hydroxylation is 1. The smallest absolute Gasteiger partial charge is 0.325 e. The number of hydrogen-bond donors (Lipinski definition) is 1. The fraction of sp³-hybridized carbons (Fsp3) is 0.0870. The summed E-state index contributed by atoms with van der Waals surface area (Å²) in [5.41, 5.74) is 3.49. The summed E-state index contributed by atoms with van der Waals surface area (Å²) in [4.78, 5) is 12.3. The Balaban J connectivity index is 1.46. The van der Waals surface area contributed by atoms with E-state index in [4.69, 9.17) is 4.74 Å². The topological polar surface area (TPSA) is 73.1 Å². The molecule has 0 aliphatic rings. The summed E-state index contributed by atoms with van der Waals surface area (Å²) in [5, 5.41) is 11.6. The van der Waals surface area contributed by atoms with Crippen molar-refractivity contribution in [3.8, 4) is 17.6 Å². The first-order valence-corrected chi connectivity index (χ1v) is 9.38. The molecule has 0 saturated heterocycles. The number of aromatic hydroxyl groups is 1. The Morgan fingerprint density at radius 1 is 1.07 bits per heavy atom. The number of benzene rings is 2. The second-order valence-corrected chi connectivity index (χ2v) is 7.05. The zero-order valence-electron chi connectivity index (χ0n) is 16.1. The van der Waals surface area contributed by atoms with Crippen LogP contribution in [0.15, 0.2) is 67.0 Å². The summed E-state index contributed by atoms with van der Waals surface area (Å²) in [7, 11) is 1.98. The van der Waals surface area contributed by atoms with Crippen molar-refractivity contribution in [2.24, 2.45) is 7.05 Å². The molecule has 1 N–H and O–H groups in total. The molecule has 0 radical (unpaired) electrons. The van der Waals surface area contributed by atoms with Crippen LogP contribution in [0.2, 0.25) is 0 Å². The predicted octanol–water partition coefficient (Wildman–Crippen LogP) is 4.74. The second-order valence-electron chi connectivity index (χ2n) is 7.05. The summed E-state index contributed by atoms with van der Waals surface area (Å²) >= 11 is 0. The van der Waals surface area contributed by atoms with Crippen LogP contribution >= 0.6 is 0 Å². The van der Waals surface area contributed by atoms with E-state index in [2.05, 4.69) is 25.6 Å². The molecular weight excluding hydrogens is 383 g/mol. The lowest BCUT2D eigenvalue weighted by Gasteiger charge is -2.07. The van der Waals surface area contributed by atoms with E-state index in [1.165, 1.54) is 6.07 Å². The highest BCUT2D eigenvalue weighted by Gasteiger charge is 2.11. The highest BCUT2D eigenvalue weighted by molar-refractivity contribution is 5.84. The number of hydrogen-bond acceptors (Lipinski definition) is 5. The van der Waals surface area contributed by atoms with Crippen molar-refractivity contribution >= 4 is 21.8 Å². The normalized spacial score (nSPS) is 11.3. The third-order valence-corrected chi connectivity index (χ3v) is 5.06. The van der Waals surface area contributed by atoms with E-state index >= 15 is 0 Å². The first-order valence-electron chi connectivity index (χ1n) is 9.38. The van der Waals surface area contributed by atoms with Gasteiger partial charge in [-0.05, 0) is 48.0 Å². The highest BCUT2D eigenvalue weighted by Crippen LogP contribution is 2.29. The summed E-state index contributed by atoms with van der Waals surface area (Å²) in [6.07, 6.45) is 3.73. The zero-order valence-corrected chi connectivity index (χ0v) is 16.1. The highest BCUT2D eigenvalue weighted by atomic mass is 19.1. The Morgan fingerprint density at radius 3 is 2.83 bits per heavy atom. The Labute approximate surface area is 171 Å². The monoisotopic (exact) mass is 400 g/mol. The van der Waals surface area contributed by atoms with E-state index in [1.54, 1.807) is 30.6 Å². The third-order valence-electron chi connectivity index (χ3n) is 5.06. The number of halogens is 1. The van der Waals surface area contributed by atoms with Crippen LogP contribution in [0.3, 0.4) is 0 Å². The SMILES string of the molecule is Cn1c(Cc2cccc(F)c2)cc2cc(Oc3nc(O)c4ccncc4n3)ccc21.